The van der Waals surface area contributed by atoms with Gasteiger partial charge in [0.15, 0.2) is 5.16 Å². The van der Waals surface area contributed by atoms with Crippen molar-refractivity contribution in [1.29, 1.82) is 0 Å². The van der Waals surface area contributed by atoms with Crippen LogP contribution in [0.2, 0.25) is 0 Å². The number of imidazole rings is 1. The largest absolute Gasteiger partial charge is 0.462 e. The van der Waals surface area contributed by atoms with Crippen LogP contribution in [-0.4, -0.2) is 26.9 Å². The molecule has 2 aromatic rings. The second-order valence-corrected chi connectivity index (χ2v) is 5.67. The Hall–Kier alpha value is -1.75. The molecule has 0 spiro atoms. The van der Waals surface area contributed by atoms with E-state index in [2.05, 4.69) is 4.98 Å². The maximum atomic E-state index is 11.7. The van der Waals surface area contributed by atoms with E-state index >= 15 is 0 Å². The van der Waals surface area contributed by atoms with E-state index < -0.39 is 0 Å². The first-order chi connectivity index (χ1) is 9.24. The molecule has 5 heteroatoms. The molecular formula is C14H14N2O2S. The number of hydrogen-bond acceptors (Lipinski definition) is 4. The maximum absolute atomic E-state index is 11.7. The molecule has 0 bridgehead atoms. The Bertz CT molecular complexity index is 582. The topological polar surface area (TPSA) is 44.1 Å². The minimum atomic E-state index is -0.153. The molecule has 1 fully saturated rings. The Morgan fingerprint density at radius 1 is 1.37 bits per heavy atom. The van der Waals surface area contributed by atoms with Crippen LogP contribution >= 0.6 is 11.8 Å². The van der Waals surface area contributed by atoms with Crippen molar-refractivity contribution in [1.82, 2.24) is 9.55 Å². The molecule has 0 N–H and O–H groups in total. The molecule has 0 aliphatic carbocycles. The second-order valence-electron chi connectivity index (χ2n) is 4.51. The van der Waals surface area contributed by atoms with Crippen molar-refractivity contribution < 1.29 is 9.53 Å². The van der Waals surface area contributed by atoms with Gasteiger partial charge in [0.2, 0.25) is 0 Å². The van der Waals surface area contributed by atoms with Crippen molar-refractivity contribution in [2.45, 2.75) is 29.9 Å². The smallest absolute Gasteiger partial charge is 0.319 e. The number of rotatable bonds is 3. The zero-order valence-corrected chi connectivity index (χ0v) is 11.3. The van der Waals surface area contributed by atoms with Crippen molar-refractivity contribution >= 4 is 17.7 Å². The van der Waals surface area contributed by atoms with E-state index in [1.165, 1.54) is 11.8 Å². The molecule has 2 atom stereocenters. The van der Waals surface area contributed by atoms with Crippen molar-refractivity contribution in [2.75, 3.05) is 0 Å². The van der Waals surface area contributed by atoms with E-state index in [0.717, 1.165) is 17.3 Å². The molecule has 0 unspecified atom stereocenters. The molecule has 19 heavy (non-hydrogen) atoms. The van der Waals surface area contributed by atoms with E-state index in [-0.39, 0.29) is 17.3 Å². The van der Waals surface area contributed by atoms with Crippen LogP contribution < -0.4 is 0 Å². The maximum Gasteiger partial charge on any atom is 0.319 e. The highest BCUT2D eigenvalue weighted by Crippen LogP contribution is 2.32. The van der Waals surface area contributed by atoms with Crippen molar-refractivity contribution in [3.05, 3.63) is 42.7 Å². The highest BCUT2D eigenvalue weighted by atomic mass is 32.2. The summed E-state index contributed by atoms with van der Waals surface area (Å²) in [7, 11) is 0. The molecule has 1 aromatic carbocycles. The zero-order valence-electron chi connectivity index (χ0n) is 10.5. The first-order valence-electron chi connectivity index (χ1n) is 6.20. The van der Waals surface area contributed by atoms with E-state index in [4.69, 9.17) is 4.74 Å². The molecule has 1 aromatic heterocycles. The fourth-order valence-electron chi connectivity index (χ4n) is 2.11. The molecule has 2 heterocycles. The average molecular weight is 274 g/mol. The van der Waals surface area contributed by atoms with Crippen LogP contribution in [0, 0.1) is 0 Å². The Morgan fingerprint density at radius 3 is 2.84 bits per heavy atom. The van der Waals surface area contributed by atoms with E-state index in [0.29, 0.717) is 0 Å². The first-order valence-corrected chi connectivity index (χ1v) is 7.08. The van der Waals surface area contributed by atoms with Gasteiger partial charge in [0.25, 0.3) is 0 Å². The van der Waals surface area contributed by atoms with Gasteiger partial charge in [-0.15, -0.1) is 0 Å². The quantitative estimate of drug-likeness (QED) is 0.807. The van der Waals surface area contributed by atoms with Gasteiger partial charge in [-0.25, -0.2) is 4.98 Å². The van der Waals surface area contributed by atoms with Crippen molar-refractivity contribution in [2.24, 2.45) is 0 Å². The lowest BCUT2D eigenvalue weighted by molar-refractivity contribution is -0.140. The minimum Gasteiger partial charge on any atom is -0.462 e. The van der Waals surface area contributed by atoms with Gasteiger partial charge in [0.1, 0.15) is 11.4 Å². The summed E-state index contributed by atoms with van der Waals surface area (Å²) in [6.45, 7) is 1.92. The summed E-state index contributed by atoms with van der Waals surface area (Å²) in [5, 5.41) is 0.669. The Balaban J connectivity index is 1.83. The molecule has 1 aliphatic heterocycles. The number of hydrogen-bond donors (Lipinski definition) is 0. The van der Waals surface area contributed by atoms with Crippen LogP contribution in [-0.2, 0) is 9.53 Å². The number of nitrogens with zero attached hydrogens (tertiary/aromatic N) is 2. The lowest BCUT2D eigenvalue weighted by Gasteiger charge is -2.09. The van der Waals surface area contributed by atoms with Gasteiger partial charge in [0.05, 0.1) is 0 Å². The third kappa shape index (κ3) is 2.51. The van der Waals surface area contributed by atoms with Crippen molar-refractivity contribution in [3.63, 3.8) is 0 Å². The summed E-state index contributed by atoms with van der Waals surface area (Å²) in [5.41, 5.74) is 1.04. The predicted octanol–water partition coefficient (Wildman–Crippen LogP) is 2.67. The molecule has 1 saturated heterocycles. The predicted molar refractivity (Wildman–Crippen MR) is 73.4 cm³/mol. The van der Waals surface area contributed by atoms with Crippen LogP contribution in [0.4, 0.5) is 0 Å². The number of para-hydroxylation sites is 1. The second kappa shape index (κ2) is 5.09. The van der Waals surface area contributed by atoms with Crippen LogP contribution in [0.5, 0.6) is 0 Å². The van der Waals surface area contributed by atoms with Crippen LogP contribution in [0.25, 0.3) is 5.69 Å². The van der Waals surface area contributed by atoms with Gasteiger partial charge in [-0.1, -0.05) is 30.0 Å². The SMILES string of the molecule is C[C@@H]1C[C@@H](Sc2nccn2-c2ccccc2)C(=O)O1. The highest BCUT2D eigenvalue weighted by Gasteiger charge is 2.33. The standard InChI is InChI=1S/C14H14N2O2S/c1-10-9-12(13(17)18-10)19-14-15-7-8-16(14)11-5-3-2-4-6-11/h2-8,10,12H,9H2,1H3/t10-,12-/m1/s1. The molecular weight excluding hydrogens is 260 g/mol. The highest BCUT2D eigenvalue weighted by molar-refractivity contribution is 8.00. The summed E-state index contributed by atoms with van der Waals surface area (Å²) in [6, 6.07) is 9.97. The van der Waals surface area contributed by atoms with Gasteiger partial charge in [-0.2, -0.15) is 0 Å². The number of cyclic esters (lactones) is 1. The van der Waals surface area contributed by atoms with Gasteiger partial charge in [-0.3, -0.25) is 9.36 Å². The van der Waals surface area contributed by atoms with E-state index in [1.807, 2.05) is 48.0 Å². The number of esters is 1. The minimum absolute atomic E-state index is 0.00476. The summed E-state index contributed by atoms with van der Waals surface area (Å²) in [5.74, 6) is -0.139. The number of aromatic nitrogens is 2. The third-order valence-corrected chi connectivity index (χ3v) is 4.20. The van der Waals surface area contributed by atoms with Crippen LogP contribution in [0.1, 0.15) is 13.3 Å². The van der Waals surface area contributed by atoms with Gasteiger partial charge in [-0.05, 0) is 19.1 Å². The Labute approximate surface area is 115 Å². The molecule has 0 radical (unpaired) electrons. The molecule has 4 nitrogen and oxygen atoms in total. The first kappa shape index (κ1) is 12.3. The number of ether oxygens (including phenoxy) is 1. The van der Waals surface area contributed by atoms with Gasteiger partial charge < -0.3 is 4.74 Å². The number of thioether (sulfide) groups is 1. The molecule has 0 amide bonds. The molecule has 3 rings (SSSR count). The summed E-state index contributed by atoms with van der Waals surface area (Å²) in [6.07, 6.45) is 4.40. The fraction of sp³-hybridized carbons (Fsp3) is 0.286. The molecule has 1 aliphatic rings. The van der Waals surface area contributed by atoms with Crippen LogP contribution in [0.3, 0.4) is 0 Å². The summed E-state index contributed by atoms with van der Waals surface area (Å²) < 4.78 is 7.16. The van der Waals surface area contributed by atoms with Crippen molar-refractivity contribution in [3.8, 4) is 5.69 Å². The summed E-state index contributed by atoms with van der Waals surface area (Å²) in [4.78, 5) is 16.0. The normalized spacial score (nSPS) is 22.5. The van der Waals surface area contributed by atoms with Gasteiger partial charge in [0, 0.05) is 24.5 Å². The fourth-order valence-corrected chi connectivity index (χ4v) is 3.28. The monoisotopic (exact) mass is 274 g/mol. The van der Waals surface area contributed by atoms with E-state index in [9.17, 15) is 4.79 Å². The van der Waals surface area contributed by atoms with E-state index in [1.54, 1.807) is 6.20 Å². The Morgan fingerprint density at radius 2 is 2.16 bits per heavy atom. The van der Waals surface area contributed by atoms with Crippen LogP contribution in [0.15, 0.2) is 47.9 Å². The number of benzene rings is 1. The molecule has 0 saturated carbocycles. The Kier molecular flexibility index (Phi) is 3.29. The third-order valence-electron chi connectivity index (χ3n) is 3.02. The number of carbonyl (C=O) groups excluding carboxylic acids is 1. The lowest BCUT2D eigenvalue weighted by Crippen LogP contribution is -2.10. The van der Waals surface area contributed by atoms with Gasteiger partial charge >= 0.3 is 5.97 Å². The zero-order chi connectivity index (χ0) is 13.2. The molecule has 98 valence electrons. The lowest BCUT2D eigenvalue weighted by atomic mass is 10.3. The summed E-state index contributed by atoms with van der Waals surface area (Å²) >= 11 is 1.47. The number of carbonyl (C=O) groups is 1. The average Bonchev–Trinajstić information content (AvgIpc) is 2.98.